The molecule has 0 aliphatic heterocycles. The third-order valence-corrected chi connectivity index (χ3v) is 4.19. The summed E-state index contributed by atoms with van der Waals surface area (Å²) in [5.41, 5.74) is 1.62. The number of amides is 1. The predicted octanol–water partition coefficient (Wildman–Crippen LogP) is 3.77. The molecule has 3 aromatic rings. The van der Waals surface area contributed by atoms with Crippen molar-refractivity contribution in [3.63, 3.8) is 0 Å². The van der Waals surface area contributed by atoms with Crippen LogP contribution in [0.4, 0.5) is 5.69 Å². The van der Waals surface area contributed by atoms with Gasteiger partial charge in [-0.3, -0.25) is 4.79 Å². The number of rotatable bonds is 7. The van der Waals surface area contributed by atoms with Crippen LogP contribution in [0.2, 0.25) is 0 Å². The van der Waals surface area contributed by atoms with Gasteiger partial charge in [-0.25, -0.2) is 4.79 Å². The largest absolute Gasteiger partial charge is 0.495 e. The molecular formula is C21H21NO6. The Kier molecular flexibility index (Phi) is 5.96. The number of furan rings is 1. The quantitative estimate of drug-likeness (QED) is 0.625. The first kappa shape index (κ1) is 19.4. The molecule has 0 unspecified atom stereocenters. The second-order valence-electron chi connectivity index (χ2n) is 6.08. The molecule has 7 heteroatoms. The molecule has 2 aromatic carbocycles. The molecule has 7 nitrogen and oxygen atoms in total. The topological polar surface area (TPSA) is 87.0 Å². The summed E-state index contributed by atoms with van der Waals surface area (Å²) in [6.07, 6.45) is -1.04. The third-order valence-electron chi connectivity index (χ3n) is 4.19. The van der Waals surface area contributed by atoms with E-state index in [2.05, 4.69) is 5.32 Å². The lowest BCUT2D eigenvalue weighted by atomic mass is 10.1. The van der Waals surface area contributed by atoms with Crippen molar-refractivity contribution in [3.8, 4) is 5.75 Å². The summed E-state index contributed by atoms with van der Waals surface area (Å²) in [5.74, 6) is -0.679. The zero-order valence-electron chi connectivity index (χ0n) is 15.9. The van der Waals surface area contributed by atoms with Gasteiger partial charge in [0.05, 0.1) is 19.4 Å². The molecule has 3 rings (SSSR count). The summed E-state index contributed by atoms with van der Waals surface area (Å²) in [5, 5.41) is 3.45. The average Bonchev–Trinajstić information content (AvgIpc) is 3.07. The van der Waals surface area contributed by atoms with E-state index in [0.717, 1.165) is 5.39 Å². The number of ether oxygens (including phenoxy) is 3. The van der Waals surface area contributed by atoms with E-state index < -0.39 is 18.0 Å². The summed E-state index contributed by atoms with van der Waals surface area (Å²) < 4.78 is 21.3. The van der Waals surface area contributed by atoms with Gasteiger partial charge in [-0.05, 0) is 25.1 Å². The number of methoxy groups -OCH3 is 2. The molecule has 1 N–H and O–H groups in total. The average molecular weight is 383 g/mol. The molecule has 0 spiro atoms. The van der Waals surface area contributed by atoms with E-state index in [9.17, 15) is 9.59 Å². The van der Waals surface area contributed by atoms with Crippen LogP contribution in [0.15, 0.2) is 52.9 Å². The van der Waals surface area contributed by atoms with E-state index in [1.165, 1.54) is 21.1 Å². The van der Waals surface area contributed by atoms with Crippen molar-refractivity contribution in [2.45, 2.75) is 19.6 Å². The molecule has 1 atom stereocenters. The van der Waals surface area contributed by atoms with E-state index in [1.807, 2.05) is 12.1 Å². The van der Waals surface area contributed by atoms with Crippen molar-refractivity contribution < 1.29 is 28.2 Å². The lowest BCUT2D eigenvalue weighted by Crippen LogP contribution is -2.30. The highest BCUT2D eigenvalue weighted by Crippen LogP contribution is 2.28. The fourth-order valence-electron chi connectivity index (χ4n) is 2.80. The van der Waals surface area contributed by atoms with Crippen LogP contribution in [0.5, 0.6) is 5.75 Å². The van der Waals surface area contributed by atoms with Crippen molar-refractivity contribution in [3.05, 3.63) is 59.9 Å². The zero-order chi connectivity index (χ0) is 20.1. The normalized spacial score (nSPS) is 11.8. The first-order valence-electron chi connectivity index (χ1n) is 8.69. The number of para-hydroxylation sites is 3. The molecule has 0 saturated heterocycles. The first-order chi connectivity index (χ1) is 13.5. The first-order valence-corrected chi connectivity index (χ1v) is 8.69. The Labute approximate surface area is 162 Å². The molecule has 146 valence electrons. The van der Waals surface area contributed by atoms with Crippen molar-refractivity contribution in [2.75, 3.05) is 19.5 Å². The molecule has 1 aromatic heterocycles. The minimum atomic E-state index is -1.04. The Hall–Kier alpha value is -3.32. The summed E-state index contributed by atoms with van der Waals surface area (Å²) in [6, 6.07) is 14.2. The van der Waals surface area contributed by atoms with Crippen LogP contribution >= 0.6 is 0 Å². The van der Waals surface area contributed by atoms with Gasteiger partial charge in [-0.1, -0.05) is 30.3 Å². The predicted molar refractivity (Wildman–Crippen MR) is 103 cm³/mol. The molecule has 0 bridgehead atoms. The molecular weight excluding hydrogens is 362 g/mol. The Morgan fingerprint density at radius 1 is 1.07 bits per heavy atom. The molecule has 0 radical (unpaired) electrons. The van der Waals surface area contributed by atoms with Crippen LogP contribution < -0.4 is 10.1 Å². The molecule has 28 heavy (non-hydrogen) atoms. The van der Waals surface area contributed by atoms with E-state index in [4.69, 9.17) is 18.6 Å². The van der Waals surface area contributed by atoms with Crippen molar-refractivity contribution in [2.24, 2.45) is 0 Å². The lowest BCUT2D eigenvalue weighted by molar-refractivity contribution is -0.123. The van der Waals surface area contributed by atoms with Crippen LogP contribution in [-0.2, 0) is 20.9 Å². The number of hydrogen-bond donors (Lipinski definition) is 1. The zero-order valence-corrected chi connectivity index (χ0v) is 15.9. The minimum absolute atomic E-state index is 0.0278. The SMILES string of the molecule is COCc1c(C(=O)O[C@@H](C)C(=O)Nc2ccccc2OC)oc2ccccc12. The number of carbonyl (C=O) groups is 2. The van der Waals surface area contributed by atoms with Gasteiger partial charge in [0.2, 0.25) is 5.76 Å². The smallest absolute Gasteiger partial charge is 0.375 e. The van der Waals surface area contributed by atoms with E-state index in [0.29, 0.717) is 22.6 Å². The van der Waals surface area contributed by atoms with E-state index in [1.54, 1.807) is 36.4 Å². The van der Waals surface area contributed by atoms with Crippen LogP contribution in [0.3, 0.4) is 0 Å². The number of esters is 1. The molecule has 0 aliphatic carbocycles. The Bertz CT molecular complexity index is 993. The van der Waals surface area contributed by atoms with Crippen LogP contribution in [0.25, 0.3) is 11.0 Å². The highest BCUT2D eigenvalue weighted by molar-refractivity contribution is 6.00. The van der Waals surface area contributed by atoms with Gasteiger partial charge >= 0.3 is 5.97 Å². The van der Waals surface area contributed by atoms with E-state index in [-0.39, 0.29) is 12.4 Å². The van der Waals surface area contributed by atoms with Crippen LogP contribution in [0.1, 0.15) is 23.0 Å². The third kappa shape index (κ3) is 3.99. The van der Waals surface area contributed by atoms with Crippen molar-refractivity contribution in [1.29, 1.82) is 0 Å². The standard InChI is InChI=1S/C21H21NO6/c1-13(20(23)22-16-9-5-7-11-18(16)26-3)27-21(24)19-15(12-25-2)14-8-4-6-10-17(14)28-19/h4-11,13H,12H2,1-3H3,(H,22,23)/t13-/m0/s1. The number of nitrogens with one attached hydrogen (secondary N) is 1. The summed E-state index contributed by atoms with van der Waals surface area (Å²) in [4.78, 5) is 25.1. The Morgan fingerprint density at radius 2 is 1.79 bits per heavy atom. The van der Waals surface area contributed by atoms with E-state index >= 15 is 0 Å². The minimum Gasteiger partial charge on any atom is -0.495 e. The number of carbonyl (C=O) groups excluding carboxylic acids is 2. The second-order valence-corrected chi connectivity index (χ2v) is 6.08. The van der Waals surface area contributed by atoms with Gasteiger partial charge in [0.1, 0.15) is 11.3 Å². The monoisotopic (exact) mass is 383 g/mol. The molecule has 0 aliphatic rings. The van der Waals surface area contributed by atoms with Crippen LogP contribution in [-0.4, -0.2) is 32.2 Å². The van der Waals surface area contributed by atoms with Gasteiger partial charge < -0.3 is 23.9 Å². The fraction of sp³-hybridized carbons (Fsp3) is 0.238. The van der Waals surface area contributed by atoms with Gasteiger partial charge in [0.25, 0.3) is 5.91 Å². The number of anilines is 1. The lowest BCUT2D eigenvalue weighted by Gasteiger charge is -2.14. The number of hydrogen-bond acceptors (Lipinski definition) is 6. The maximum Gasteiger partial charge on any atom is 0.375 e. The number of fused-ring (bicyclic) bond motifs is 1. The Morgan fingerprint density at radius 3 is 2.54 bits per heavy atom. The molecule has 0 fully saturated rings. The van der Waals surface area contributed by atoms with Gasteiger partial charge in [-0.2, -0.15) is 0 Å². The van der Waals surface area contributed by atoms with Crippen LogP contribution in [0, 0.1) is 0 Å². The summed E-state index contributed by atoms with van der Waals surface area (Å²) in [7, 11) is 3.04. The molecule has 0 saturated carbocycles. The highest BCUT2D eigenvalue weighted by atomic mass is 16.6. The number of benzene rings is 2. The maximum atomic E-state index is 12.6. The van der Waals surface area contributed by atoms with Crippen molar-refractivity contribution >= 4 is 28.5 Å². The van der Waals surface area contributed by atoms with Gasteiger partial charge in [0.15, 0.2) is 6.10 Å². The molecule has 1 amide bonds. The molecule has 1 heterocycles. The summed E-state index contributed by atoms with van der Waals surface area (Å²) >= 11 is 0. The van der Waals surface area contributed by atoms with Crippen molar-refractivity contribution in [1.82, 2.24) is 0 Å². The van der Waals surface area contributed by atoms with Gasteiger partial charge in [-0.15, -0.1) is 0 Å². The fourth-order valence-corrected chi connectivity index (χ4v) is 2.80. The van der Waals surface area contributed by atoms with Gasteiger partial charge in [0, 0.05) is 18.1 Å². The highest BCUT2D eigenvalue weighted by Gasteiger charge is 2.26. The summed E-state index contributed by atoms with van der Waals surface area (Å²) in [6.45, 7) is 1.67. The maximum absolute atomic E-state index is 12.6. The Balaban J connectivity index is 1.76. The second kappa shape index (κ2) is 8.58.